The summed E-state index contributed by atoms with van der Waals surface area (Å²) in [5.74, 6) is -2.07. The molecule has 1 aromatic heterocycles. The third-order valence-electron chi connectivity index (χ3n) is 2.81. The molecule has 0 aliphatic carbocycles. The molecule has 0 saturated carbocycles. The molecule has 1 heterocycles. The number of halogens is 3. The highest BCUT2D eigenvalue weighted by atomic mass is 32.1. The van der Waals surface area contributed by atoms with Gasteiger partial charge in [0.1, 0.15) is 10.6 Å². The van der Waals surface area contributed by atoms with Crippen molar-refractivity contribution in [2.24, 2.45) is 0 Å². The zero-order valence-electron chi connectivity index (χ0n) is 18.3. The van der Waals surface area contributed by atoms with E-state index in [1.807, 2.05) is 0 Å². The number of nitrogens with zero attached hydrogens (tertiary/aromatic N) is 1. The monoisotopic (exact) mass is 484 g/mol. The number of nitrogens with one attached hydrogen (secondary N) is 3. The Kier molecular flexibility index (Phi) is 12.1. The van der Waals surface area contributed by atoms with Gasteiger partial charge in [-0.15, -0.1) is 0 Å². The van der Waals surface area contributed by atoms with Gasteiger partial charge < -0.3 is 30.5 Å². The lowest BCUT2D eigenvalue weighted by atomic mass is 10.2. The van der Waals surface area contributed by atoms with Gasteiger partial charge in [0.2, 0.25) is 0 Å². The van der Waals surface area contributed by atoms with Crippen LogP contribution in [0.3, 0.4) is 0 Å². The van der Waals surface area contributed by atoms with Gasteiger partial charge in [-0.2, -0.15) is 13.2 Å². The van der Waals surface area contributed by atoms with Crippen molar-refractivity contribution in [2.45, 2.75) is 39.5 Å². The quantitative estimate of drug-likeness (QED) is 0.248. The minimum Gasteiger partial charge on any atom is -0.478 e. The van der Waals surface area contributed by atoms with Crippen LogP contribution in [-0.4, -0.2) is 66.6 Å². The number of hydrogen-bond donors (Lipinski definition) is 4. The van der Waals surface area contributed by atoms with E-state index in [4.69, 9.17) is 14.6 Å². The van der Waals surface area contributed by atoms with Crippen molar-refractivity contribution in [2.75, 3.05) is 37.4 Å². The Bertz CT molecular complexity index is 791. The van der Waals surface area contributed by atoms with Gasteiger partial charge in [-0.25, -0.2) is 19.4 Å². The van der Waals surface area contributed by atoms with Gasteiger partial charge in [-0.05, 0) is 27.7 Å². The van der Waals surface area contributed by atoms with Gasteiger partial charge in [-0.3, -0.25) is 0 Å². The summed E-state index contributed by atoms with van der Waals surface area (Å²) >= 11 is 1.30. The van der Waals surface area contributed by atoms with Crippen molar-refractivity contribution in [3.8, 4) is 0 Å². The predicted molar refractivity (Wildman–Crippen MR) is 113 cm³/mol. The highest BCUT2D eigenvalue weighted by Gasteiger charge is 2.22. The Morgan fingerprint density at radius 1 is 1.19 bits per heavy atom. The highest BCUT2D eigenvalue weighted by molar-refractivity contribution is 7.19. The van der Waals surface area contributed by atoms with Crippen LogP contribution < -0.4 is 16.0 Å². The number of thiazole rings is 1. The summed E-state index contributed by atoms with van der Waals surface area (Å²) in [4.78, 5) is 36.9. The first kappa shape index (κ1) is 29.0. The van der Waals surface area contributed by atoms with Crippen LogP contribution in [0, 0.1) is 0 Å². The summed E-state index contributed by atoms with van der Waals surface area (Å²) in [6.07, 6.45) is -5.30. The van der Waals surface area contributed by atoms with Crippen molar-refractivity contribution in [3.05, 3.63) is 17.8 Å². The van der Waals surface area contributed by atoms with E-state index in [0.29, 0.717) is 29.8 Å². The normalized spacial score (nSPS) is 11.2. The number of ether oxygens (including phenoxy) is 2. The average Bonchev–Trinajstić information content (AvgIpc) is 3.06. The fourth-order valence-electron chi connectivity index (χ4n) is 1.72. The summed E-state index contributed by atoms with van der Waals surface area (Å²) in [6.45, 7) is 8.27. The molecule has 1 amide bonds. The van der Waals surface area contributed by atoms with Gasteiger partial charge in [0.25, 0.3) is 0 Å². The molecule has 0 aromatic carbocycles. The molecule has 32 heavy (non-hydrogen) atoms. The highest BCUT2D eigenvalue weighted by Crippen LogP contribution is 2.28. The smallest absolute Gasteiger partial charge is 0.410 e. The molecule has 1 rings (SSSR count). The number of amides is 1. The van der Waals surface area contributed by atoms with Crippen molar-refractivity contribution in [1.82, 2.24) is 10.3 Å². The molecule has 182 valence electrons. The molecule has 14 heteroatoms. The summed E-state index contributed by atoms with van der Waals surface area (Å²) in [6, 6.07) is 0. The summed E-state index contributed by atoms with van der Waals surface area (Å²) in [7, 11) is 1.71. The number of carbonyl (C=O) groups excluding carboxylic acids is 2. The number of carboxylic acid groups (broad SMARTS) is 1. The number of anilines is 2. The zero-order chi connectivity index (χ0) is 24.9. The van der Waals surface area contributed by atoms with E-state index >= 15 is 0 Å². The van der Waals surface area contributed by atoms with Crippen LogP contribution in [0.2, 0.25) is 0 Å². The third-order valence-corrected chi connectivity index (χ3v) is 3.84. The molecular weight excluding hydrogens is 457 g/mol. The minimum absolute atomic E-state index is 0.0417. The van der Waals surface area contributed by atoms with Crippen molar-refractivity contribution in [1.29, 1.82) is 0 Å². The molecule has 0 atom stereocenters. The number of aliphatic carboxylic acids is 1. The number of aromatic nitrogens is 1. The molecule has 0 aliphatic rings. The lowest BCUT2D eigenvalue weighted by Crippen LogP contribution is -2.34. The van der Waals surface area contributed by atoms with Crippen LogP contribution >= 0.6 is 11.3 Å². The van der Waals surface area contributed by atoms with Crippen molar-refractivity contribution in [3.63, 3.8) is 0 Å². The fourth-order valence-corrected chi connectivity index (χ4v) is 2.55. The van der Waals surface area contributed by atoms with E-state index < -0.39 is 29.8 Å². The number of hydrogen-bond acceptors (Lipinski definition) is 9. The predicted octanol–water partition coefficient (Wildman–Crippen LogP) is 3.49. The Morgan fingerprint density at radius 2 is 1.81 bits per heavy atom. The van der Waals surface area contributed by atoms with Crippen LogP contribution in [0.1, 0.15) is 38.2 Å². The Labute approximate surface area is 187 Å². The molecule has 0 saturated heterocycles. The third kappa shape index (κ3) is 14.1. The van der Waals surface area contributed by atoms with E-state index in [-0.39, 0.29) is 17.8 Å². The maximum Gasteiger partial charge on any atom is 0.410 e. The summed E-state index contributed by atoms with van der Waals surface area (Å²) < 4.78 is 43.3. The standard InChI is InChI=1S/C14H24N4O4S.C4H3F3O2/c1-6-21-11(19)9-10(15-5)23-12(18-9)16-7-8-17-13(20)22-14(2,3)4;5-4(6,7)2-1-3(8)9/h15H,6-8H2,1-5H3,(H,16,18)(H,17,20);1-2H,(H,8,9)/b;2-1+. The molecule has 0 fully saturated rings. The molecule has 0 unspecified atom stereocenters. The first-order valence-corrected chi connectivity index (χ1v) is 10.1. The fraction of sp³-hybridized carbons (Fsp3) is 0.556. The second kappa shape index (κ2) is 13.4. The first-order valence-electron chi connectivity index (χ1n) is 9.23. The molecule has 10 nitrogen and oxygen atoms in total. The number of carboxylic acids is 1. The molecule has 0 radical (unpaired) electrons. The van der Waals surface area contributed by atoms with E-state index in [0.717, 1.165) is 0 Å². The van der Waals surface area contributed by atoms with E-state index in [2.05, 4.69) is 20.9 Å². The Hall–Kier alpha value is -3.03. The lowest BCUT2D eigenvalue weighted by Gasteiger charge is -2.19. The molecule has 0 aliphatic heterocycles. The first-order chi connectivity index (χ1) is 14.7. The van der Waals surface area contributed by atoms with Gasteiger partial charge in [0, 0.05) is 32.3 Å². The number of allylic oxidation sites excluding steroid dienone is 1. The number of alkyl carbamates (subject to hydrolysis) is 1. The van der Waals surface area contributed by atoms with E-state index in [9.17, 15) is 27.6 Å². The maximum absolute atomic E-state index is 11.8. The largest absolute Gasteiger partial charge is 0.478 e. The molecule has 1 aromatic rings. The molecular formula is C18H27F3N4O6S. The summed E-state index contributed by atoms with van der Waals surface area (Å²) in [5.41, 5.74) is -0.273. The van der Waals surface area contributed by atoms with Crippen LogP contribution in [0.4, 0.5) is 28.1 Å². The lowest BCUT2D eigenvalue weighted by molar-refractivity contribution is -0.132. The van der Waals surface area contributed by atoms with Gasteiger partial charge in [-0.1, -0.05) is 11.3 Å². The van der Waals surface area contributed by atoms with Gasteiger partial charge in [0.05, 0.1) is 6.61 Å². The molecule has 0 bridgehead atoms. The Morgan fingerprint density at radius 3 is 2.25 bits per heavy atom. The minimum atomic E-state index is -4.53. The van der Waals surface area contributed by atoms with Crippen LogP contribution in [-0.2, 0) is 14.3 Å². The summed E-state index contributed by atoms with van der Waals surface area (Å²) in [5, 5.41) is 17.5. The number of rotatable bonds is 8. The number of alkyl halides is 3. The van der Waals surface area contributed by atoms with Crippen LogP contribution in [0.5, 0.6) is 0 Å². The SMILES string of the molecule is CCOC(=O)c1nc(NCCNC(=O)OC(C)(C)C)sc1NC.O=C(O)/C=C/C(F)(F)F. The van der Waals surface area contributed by atoms with Gasteiger partial charge in [0.15, 0.2) is 10.8 Å². The number of esters is 1. The van der Waals surface area contributed by atoms with Crippen molar-refractivity contribution < 1.29 is 42.1 Å². The zero-order valence-corrected chi connectivity index (χ0v) is 19.1. The van der Waals surface area contributed by atoms with Crippen LogP contribution in [0.25, 0.3) is 0 Å². The van der Waals surface area contributed by atoms with E-state index in [1.54, 1.807) is 34.7 Å². The second-order valence-corrected chi connectivity index (χ2v) is 7.73. The van der Waals surface area contributed by atoms with Crippen molar-refractivity contribution >= 4 is 39.5 Å². The average molecular weight is 484 g/mol. The molecule has 0 spiro atoms. The van der Waals surface area contributed by atoms with E-state index in [1.165, 1.54) is 11.3 Å². The second-order valence-electron chi connectivity index (χ2n) is 6.74. The Balaban J connectivity index is 0.000000900. The topological polar surface area (TPSA) is 139 Å². The number of carbonyl (C=O) groups is 3. The maximum atomic E-state index is 11.8. The van der Waals surface area contributed by atoms with Crippen LogP contribution in [0.15, 0.2) is 12.2 Å². The molecule has 4 N–H and O–H groups in total. The van der Waals surface area contributed by atoms with Gasteiger partial charge >= 0.3 is 24.2 Å².